The first kappa shape index (κ1) is 15.4. The third kappa shape index (κ3) is 2.67. The van der Waals surface area contributed by atoms with Crippen LogP contribution in [0.3, 0.4) is 0 Å². The number of benzene rings is 2. The largest absolute Gasteiger partial charge is 0.467 e. The fraction of sp³-hybridized carbons (Fsp3) is 0.150. The second-order valence-corrected chi connectivity index (χ2v) is 6.07. The van der Waals surface area contributed by atoms with Gasteiger partial charge in [-0.15, -0.1) is 0 Å². The number of anilines is 1. The maximum Gasteiger partial charge on any atom is 0.258 e. The van der Waals surface area contributed by atoms with Crippen LogP contribution in [0.15, 0.2) is 71.3 Å². The molecule has 0 aliphatic carbocycles. The van der Waals surface area contributed by atoms with Crippen molar-refractivity contribution in [3.63, 3.8) is 0 Å². The molecule has 1 atom stereocenters. The first-order chi connectivity index (χ1) is 12.1. The molecular weight excluding hydrogens is 319 g/mol. The molecule has 1 aliphatic rings. The third-order valence-electron chi connectivity index (χ3n) is 4.49. The van der Waals surface area contributed by atoms with Crippen molar-refractivity contribution in [2.45, 2.75) is 12.7 Å². The molecule has 2 aromatic carbocycles. The molecule has 0 saturated carbocycles. The lowest BCUT2D eigenvalue weighted by atomic mass is 10.0. The monoisotopic (exact) mass is 336 g/mol. The summed E-state index contributed by atoms with van der Waals surface area (Å²) in [4.78, 5) is 16.8. The zero-order valence-electron chi connectivity index (χ0n) is 13.7. The van der Waals surface area contributed by atoms with Crippen LogP contribution in [0.25, 0.3) is 0 Å². The maximum absolute atomic E-state index is 13.8. The molecule has 0 saturated heterocycles. The van der Waals surface area contributed by atoms with E-state index in [9.17, 15) is 9.18 Å². The van der Waals surface area contributed by atoms with Crippen LogP contribution < -0.4 is 4.90 Å². The van der Waals surface area contributed by atoms with Gasteiger partial charge in [-0.25, -0.2) is 4.39 Å². The standard InChI is InChI=1S/C20H17FN2O2/c1-22-18-10-3-2-9-17(18)20(24)23(13-16-8-5-11-25-16)19(22)14-6-4-7-15(21)12-14/h2-12,19H,13H2,1H3. The Hall–Kier alpha value is -3.08. The number of hydrogen-bond donors (Lipinski definition) is 0. The van der Waals surface area contributed by atoms with Crippen LogP contribution in [-0.4, -0.2) is 17.9 Å². The van der Waals surface area contributed by atoms with Gasteiger partial charge in [-0.3, -0.25) is 4.79 Å². The summed E-state index contributed by atoms with van der Waals surface area (Å²) in [5, 5.41) is 0. The zero-order chi connectivity index (χ0) is 17.4. The number of halogens is 1. The fourth-order valence-corrected chi connectivity index (χ4v) is 3.37. The molecule has 4 rings (SSSR count). The Morgan fingerprint density at radius 2 is 1.92 bits per heavy atom. The van der Waals surface area contributed by atoms with Crippen molar-refractivity contribution in [2.24, 2.45) is 0 Å². The first-order valence-electron chi connectivity index (χ1n) is 8.06. The fourth-order valence-electron chi connectivity index (χ4n) is 3.37. The van der Waals surface area contributed by atoms with Crippen molar-refractivity contribution < 1.29 is 13.6 Å². The number of nitrogens with zero attached hydrogens (tertiary/aromatic N) is 2. The van der Waals surface area contributed by atoms with Crippen LogP contribution in [0.1, 0.15) is 27.8 Å². The van der Waals surface area contributed by atoms with Gasteiger partial charge in [0.25, 0.3) is 5.91 Å². The quantitative estimate of drug-likeness (QED) is 0.719. The van der Waals surface area contributed by atoms with Crippen LogP contribution in [0, 0.1) is 5.82 Å². The van der Waals surface area contributed by atoms with E-state index in [4.69, 9.17) is 4.42 Å². The minimum absolute atomic E-state index is 0.0978. The van der Waals surface area contributed by atoms with Gasteiger partial charge in [0.15, 0.2) is 0 Å². The maximum atomic E-state index is 13.8. The molecule has 0 radical (unpaired) electrons. The Labute approximate surface area is 145 Å². The van der Waals surface area contributed by atoms with E-state index in [1.54, 1.807) is 23.3 Å². The molecule has 1 amide bonds. The highest BCUT2D eigenvalue weighted by molar-refractivity contribution is 6.02. The summed E-state index contributed by atoms with van der Waals surface area (Å²) in [5.74, 6) is 0.261. The number of hydrogen-bond acceptors (Lipinski definition) is 3. The zero-order valence-corrected chi connectivity index (χ0v) is 13.7. The van der Waals surface area contributed by atoms with Crippen molar-refractivity contribution in [3.05, 3.63) is 89.6 Å². The van der Waals surface area contributed by atoms with Crippen LogP contribution in [-0.2, 0) is 6.54 Å². The van der Waals surface area contributed by atoms with E-state index in [0.717, 1.165) is 11.3 Å². The van der Waals surface area contributed by atoms with Gasteiger partial charge in [-0.1, -0.05) is 24.3 Å². The Kier molecular flexibility index (Phi) is 3.76. The van der Waals surface area contributed by atoms with Crippen LogP contribution in [0.2, 0.25) is 0 Å². The lowest BCUT2D eigenvalue weighted by molar-refractivity contribution is 0.0618. The van der Waals surface area contributed by atoms with E-state index in [2.05, 4.69) is 0 Å². The van der Waals surface area contributed by atoms with E-state index < -0.39 is 6.17 Å². The van der Waals surface area contributed by atoms with Crippen LogP contribution in [0.5, 0.6) is 0 Å². The lowest BCUT2D eigenvalue weighted by Crippen LogP contribution is -2.47. The summed E-state index contributed by atoms with van der Waals surface area (Å²) in [7, 11) is 1.91. The number of carbonyl (C=O) groups is 1. The number of fused-ring (bicyclic) bond motifs is 1. The minimum atomic E-state index is -0.414. The topological polar surface area (TPSA) is 36.7 Å². The van der Waals surface area contributed by atoms with Crippen molar-refractivity contribution >= 4 is 11.6 Å². The minimum Gasteiger partial charge on any atom is -0.467 e. The van der Waals surface area contributed by atoms with Gasteiger partial charge < -0.3 is 14.2 Å². The number of para-hydroxylation sites is 1. The highest BCUT2D eigenvalue weighted by Crippen LogP contribution is 2.38. The highest BCUT2D eigenvalue weighted by Gasteiger charge is 2.37. The number of amides is 1. The van der Waals surface area contributed by atoms with Crippen LogP contribution in [0.4, 0.5) is 10.1 Å². The van der Waals surface area contributed by atoms with Crippen molar-refractivity contribution in [1.29, 1.82) is 0 Å². The molecular formula is C20H17FN2O2. The molecule has 0 N–H and O–H groups in total. The van der Waals surface area contributed by atoms with E-state index in [-0.39, 0.29) is 11.7 Å². The molecule has 2 heterocycles. The first-order valence-corrected chi connectivity index (χ1v) is 8.06. The molecule has 1 unspecified atom stereocenters. The third-order valence-corrected chi connectivity index (χ3v) is 4.49. The summed E-state index contributed by atoms with van der Waals surface area (Å²) in [5.41, 5.74) is 2.18. The second kappa shape index (κ2) is 6.09. The van der Waals surface area contributed by atoms with Gasteiger partial charge in [0.2, 0.25) is 0 Å². The molecule has 126 valence electrons. The summed E-state index contributed by atoms with van der Waals surface area (Å²) in [6.45, 7) is 0.311. The van der Waals surface area contributed by atoms with E-state index in [1.807, 2.05) is 48.3 Å². The molecule has 3 aromatic rings. The van der Waals surface area contributed by atoms with Crippen molar-refractivity contribution in [1.82, 2.24) is 4.90 Å². The van der Waals surface area contributed by atoms with Gasteiger partial charge in [-0.2, -0.15) is 0 Å². The summed E-state index contributed by atoms with van der Waals surface area (Å²) in [6.07, 6.45) is 1.17. The Morgan fingerprint density at radius 1 is 1.08 bits per heavy atom. The average Bonchev–Trinajstić information content (AvgIpc) is 3.13. The average molecular weight is 336 g/mol. The van der Waals surface area contributed by atoms with Crippen LogP contribution >= 0.6 is 0 Å². The summed E-state index contributed by atoms with van der Waals surface area (Å²) >= 11 is 0. The van der Waals surface area contributed by atoms with Crippen molar-refractivity contribution in [3.8, 4) is 0 Å². The lowest BCUT2D eigenvalue weighted by Gasteiger charge is -2.43. The predicted octanol–water partition coefficient (Wildman–Crippen LogP) is 4.21. The van der Waals surface area contributed by atoms with Gasteiger partial charge in [0.05, 0.1) is 24.1 Å². The van der Waals surface area contributed by atoms with E-state index in [0.29, 0.717) is 17.9 Å². The molecule has 1 aromatic heterocycles. The Balaban J connectivity index is 1.83. The molecule has 4 nitrogen and oxygen atoms in total. The van der Waals surface area contributed by atoms with E-state index in [1.165, 1.54) is 12.1 Å². The van der Waals surface area contributed by atoms with Gasteiger partial charge in [0.1, 0.15) is 17.7 Å². The number of carbonyl (C=O) groups excluding carboxylic acids is 1. The summed E-state index contributed by atoms with van der Waals surface area (Å²) < 4.78 is 19.2. The van der Waals surface area contributed by atoms with E-state index >= 15 is 0 Å². The number of rotatable bonds is 3. The normalized spacial score (nSPS) is 16.9. The van der Waals surface area contributed by atoms with Crippen molar-refractivity contribution in [2.75, 3.05) is 11.9 Å². The molecule has 1 aliphatic heterocycles. The predicted molar refractivity (Wildman–Crippen MR) is 92.6 cm³/mol. The van der Waals surface area contributed by atoms with Gasteiger partial charge in [0, 0.05) is 7.05 Å². The molecule has 0 fully saturated rings. The molecule has 0 bridgehead atoms. The van der Waals surface area contributed by atoms with Gasteiger partial charge in [-0.05, 0) is 42.0 Å². The smallest absolute Gasteiger partial charge is 0.258 e. The Bertz CT molecular complexity index is 908. The second-order valence-electron chi connectivity index (χ2n) is 6.07. The van der Waals surface area contributed by atoms with Gasteiger partial charge >= 0.3 is 0 Å². The highest BCUT2D eigenvalue weighted by atomic mass is 19.1. The molecule has 5 heteroatoms. The SMILES string of the molecule is CN1c2ccccc2C(=O)N(Cc2ccco2)C1c1cccc(F)c1. The number of furan rings is 1. The molecule has 25 heavy (non-hydrogen) atoms. The summed E-state index contributed by atoms with van der Waals surface area (Å²) in [6, 6.07) is 17.4. The Morgan fingerprint density at radius 3 is 2.68 bits per heavy atom. The molecule has 0 spiro atoms.